The molecule has 0 amide bonds. The van der Waals surface area contributed by atoms with E-state index in [1.165, 1.54) is 12.1 Å². The van der Waals surface area contributed by atoms with Gasteiger partial charge in [-0.15, -0.1) is 0 Å². The zero-order valence-corrected chi connectivity index (χ0v) is 17.5. The number of nitriles is 2. The summed E-state index contributed by atoms with van der Waals surface area (Å²) in [6, 6.07) is 16.6. The van der Waals surface area contributed by atoms with Gasteiger partial charge in [0, 0.05) is 35.7 Å². The van der Waals surface area contributed by atoms with Gasteiger partial charge in [-0.05, 0) is 37.1 Å². The average Bonchev–Trinajstić information content (AvgIpc) is 3.19. The summed E-state index contributed by atoms with van der Waals surface area (Å²) < 4.78 is 0. The van der Waals surface area contributed by atoms with Crippen LogP contribution >= 0.6 is 0 Å². The van der Waals surface area contributed by atoms with E-state index in [1.807, 2.05) is 25.1 Å². The minimum atomic E-state index is -0.519. The van der Waals surface area contributed by atoms with Gasteiger partial charge in [-0.1, -0.05) is 18.2 Å². The first kappa shape index (κ1) is 20.8. The Morgan fingerprint density at radius 1 is 1.19 bits per heavy atom. The van der Waals surface area contributed by atoms with E-state index in [2.05, 4.69) is 32.6 Å². The van der Waals surface area contributed by atoms with Crippen LogP contribution in [0.3, 0.4) is 0 Å². The number of H-pyrrole nitrogens is 1. The van der Waals surface area contributed by atoms with Gasteiger partial charge in [0.25, 0.3) is 5.69 Å². The Hall–Kier alpha value is -4.50. The number of hydrogen-bond donors (Lipinski definition) is 2. The molecule has 2 N–H and O–H groups in total. The number of nitrogens with zero attached hydrogens (tertiary/aromatic N) is 5. The van der Waals surface area contributed by atoms with Crippen LogP contribution in [0, 0.1) is 38.7 Å². The summed E-state index contributed by atoms with van der Waals surface area (Å²) in [4.78, 5) is 14.8. The molecule has 2 unspecified atom stereocenters. The highest BCUT2D eigenvalue weighted by atomic mass is 16.6. The topological polar surface area (TPSA) is 144 Å². The van der Waals surface area contributed by atoms with Crippen molar-refractivity contribution in [1.82, 2.24) is 10.2 Å². The summed E-state index contributed by atoms with van der Waals surface area (Å²) >= 11 is 0. The molecule has 2 aromatic carbocycles. The van der Waals surface area contributed by atoms with E-state index in [4.69, 9.17) is 0 Å². The summed E-state index contributed by atoms with van der Waals surface area (Å²) in [6.07, 6.45) is 0. The maximum atomic E-state index is 10.8. The number of anilines is 1. The second-order valence-electron chi connectivity index (χ2n) is 7.60. The minimum absolute atomic E-state index is 0.0404. The molecule has 2 heterocycles. The summed E-state index contributed by atoms with van der Waals surface area (Å²) in [5, 5.41) is 41.7. The quantitative estimate of drug-likeness (QED) is 0.452. The van der Waals surface area contributed by atoms with Crippen molar-refractivity contribution in [3.8, 4) is 12.1 Å². The molecule has 9 nitrogen and oxygen atoms in total. The summed E-state index contributed by atoms with van der Waals surface area (Å²) in [6.45, 7) is 4.03. The number of rotatable bonds is 5. The first-order valence-corrected chi connectivity index (χ1v) is 9.93. The van der Waals surface area contributed by atoms with Gasteiger partial charge in [0.15, 0.2) is 5.82 Å². The molecule has 1 aliphatic heterocycles. The number of benzene rings is 2. The van der Waals surface area contributed by atoms with Crippen molar-refractivity contribution in [2.75, 3.05) is 5.32 Å². The van der Waals surface area contributed by atoms with E-state index in [9.17, 15) is 20.6 Å². The highest BCUT2D eigenvalue weighted by molar-refractivity contribution is 5.93. The summed E-state index contributed by atoms with van der Waals surface area (Å²) in [5.41, 5.74) is 4.38. The van der Waals surface area contributed by atoms with E-state index >= 15 is 0 Å². The predicted octanol–water partition coefficient (Wildman–Crippen LogP) is 4.58. The molecular weight excluding hydrogens is 406 g/mol. The lowest BCUT2D eigenvalue weighted by molar-refractivity contribution is -0.384. The molecule has 0 aliphatic carbocycles. The molecule has 9 heteroatoms. The van der Waals surface area contributed by atoms with Gasteiger partial charge in [0.1, 0.15) is 0 Å². The average molecular weight is 425 g/mol. The fraction of sp³-hybridized carbons (Fsp3) is 0.217. The number of allylic oxidation sites excluding steroid dienone is 2. The van der Waals surface area contributed by atoms with Crippen molar-refractivity contribution in [1.29, 1.82) is 10.5 Å². The SMILES string of the molecule is CC1=NC(C)=C(C#N)C(c2ccc3[nH]nc(NCc4ccc([N+](=O)[O-])cc4)c3c2)C1C#N. The number of hydrogen-bond acceptors (Lipinski definition) is 7. The minimum Gasteiger partial charge on any atom is -0.364 e. The van der Waals surface area contributed by atoms with Crippen molar-refractivity contribution in [3.05, 3.63) is 75.0 Å². The summed E-state index contributed by atoms with van der Waals surface area (Å²) in [5.74, 6) is -0.298. The standard InChI is InChI=1S/C23H19N7O2/c1-13-19(10-24)22(20(11-25)14(2)27-13)16-5-8-21-18(9-16)23(29-28-21)26-12-15-3-6-17(7-4-15)30(31)32/h3-9,19,22H,12H2,1-2H3,(H2,26,28,29). The zero-order valence-electron chi connectivity index (χ0n) is 17.5. The van der Waals surface area contributed by atoms with Gasteiger partial charge in [-0.2, -0.15) is 15.6 Å². The van der Waals surface area contributed by atoms with Gasteiger partial charge < -0.3 is 5.32 Å². The molecule has 0 saturated heterocycles. The number of aliphatic imine (C=N–C) groups is 1. The molecule has 0 saturated carbocycles. The van der Waals surface area contributed by atoms with Crippen LogP contribution in [-0.2, 0) is 6.54 Å². The monoisotopic (exact) mass is 425 g/mol. The third-order valence-electron chi connectivity index (χ3n) is 5.64. The van der Waals surface area contributed by atoms with Crippen molar-refractivity contribution in [3.63, 3.8) is 0 Å². The fourth-order valence-electron chi connectivity index (χ4n) is 3.99. The fourth-order valence-corrected chi connectivity index (χ4v) is 3.99. The molecule has 158 valence electrons. The second-order valence-corrected chi connectivity index (χ2v) is 7.60. The first-order chi connectivity index (χ1) is 15.4. The van der Waals surface area contributed by atoms with E-state index in [-0.39, 0.29) is 5.69 Å². The molecule has 3 aromatic rings. The maximum Gasteiger partial charge on any atom is 0.269 e. The lowest BCUT2D eigenvalue weighted by Gasteiger charge is -2.26. The largest absolute Gasteiger partial charge is 0.364 e. The number of nitro benzene ring substituents is 1. The van der Waals surface area contributed by atoms with Crippen LogP contribution in [0.2, 0.25) is 0 Å². The third-order valence-corrected chi connectivity index (χ3v) is 5.64. The Bertz CT molecular complexity index is 1350. The Kier molecular flexibility index (Phi) is 5.40. The highest BCUT2D eigenvalue weighted by Crippen LogP contribution is 2.39. The third kappa shape index (κ3) is 3.68. The highest BCUT2D eigenvalue weighted by Gasteiger charge is 2.34. The number of nitro groups is 1. The van der Waals surface area contributed by atoms with Crippen LogP contribution in [0.1, 0.15) is 30.9 Å². The van der Waals surface area contributed by atoms with Crippen LogP contribution in [0.25, 0.3) is 10.9 Å². The van der Waals surface area contributed by atoms with E-state index < -0.39 is 16.8 Å². The molecule has 2 atom stereocenters. The van der Waals surface area contributed by atoms with Crippen molar-refractivity contribution < 1.29 is 4.92 Å². The van der Waals surface area contributed by atoms with Gasteiger partial charge in [0.05, 0.1) is 39.8 Å². The van der Waals surface area contributed by atoms with Gasteiger partial charge in [-0.25, -0.2) is 0 Å². The van der Waals surface area contributed by atoms with Crippen LogP contribution < -0.4 is 5.32 Å². The Labute approximate surface area is 183 Å². The molecule has 0 fully saturated rings. The van der Waals surface area contributed by atoms with Gasteiger partial charge in [-0.3, -0.25) is 20.2 Å². The molecule has 1 aromatic heterocycles. The first-order valence-electron chi connectivity index (χ1n) is 9.93. The van der Waals surface area contributed by atoms with Crippen LogP contribution in [0.4, 0.5) is 11.5 Å². The Balaban J connectivity index is 1.65. The van der Waals surface area contributed by atoms with Crippen molar-refractivity contribution in [2.45, 2.75) is 26.3 Å². The van der Waals surface area contributed by atoms with Crippen LogP contribution in [0.5, 0.6) is 0 Å². The second kappa shape index (κ2) is 8.32. The molecule has 0 radical (unpaired) electrons. The molecule has 0 spiro atoms. The molecule has 4 rings (SSSR count). The smallest absolute Gasteiger partial charge is 0.269 e. The van der Waals surface area contributed by atoms with Crippen molar-refractivity contribution >= 4 is 28.1 Å². The normalized spacial score (nSPS) is 18.1. The molecular formula is C23H19N7O2. The molecule has 0 bridgehead atoms. The summed E-state index contributed by atoms with van der Waals surface area (Å²) in [7, 11) is 0. The van der Waals surface area contributed by atoms with Gasteiger partial charge in [0.2, 0.25) is 0 Å². The van der Waals surface area contributed by atoms with Crippen molar-refractivity contribution in [2.24, 2.45) is 10.9 Å². The predicted molar refractivity (Wildman–Crippen MR) is 120 cm³/mol. The molecule has 1 aliphatic rings. The van der Waals surface area contributed by atoms with E-state index in [0.29, 0.717) is 29.3 Å². The lowest BCUT2D eigenvalue weighted by atomic mass is 9.76. The van der Waals surface area contributed by atoms with E-state index in [1.54, 1.807) is 19.1 Å². The Morgan fingerprint density at radius 3 is 2.59 bits per heavy atom. The number of nitrogens with one attached hydrogen (secondary N) is 2. The Morgan fingerprint density at radius 2 is 1.94 bits per heavy atom. The van der Waals surface area contributed by atoms with Crippen LogP contribution in [-0.4, -0.2) is 20.8 Å². The number of non-ortho nitro benzene ring substituents is 1. The zero-order chi connectivity index (χ0) is 22.8. The number of fused-ring (bicyclic) bond motifs is 1. The van der Waals surface area contributed by atoms with Crippen LogP contribution in [0.15, 0.2) is 58.7 Å². The lowest BCUT2D eigenvalue weighted by Crippen LogP contribution is -2.24. The number of aromatic amines is 1. The van der Waals surface area contributed by atoms with E-state index in [0.717, 1.165) is 22.0 Å². The molecule has 32 heavy (non-hydrogen) atoms. The number of aromatic nitrogens is 2. The maximum absolute atomic E-state index is 10.8. The van der Waals surface area contributed by atoms with Gasteiger partial charge >= 0.3 is 0 Å².